The van der Waals surface area contributed by atoms with Crippen molar-refractivity contribution < 1.29 is 9.59 Å². The van der Waals surface area contributed by atoms with Crippen LogP contribution < -0.4 is 15.5 Å². The van der Waals surface area contributed by atoms with Gasteiger partial charge in [-0.25, -0.2) is 4.98 Å². The Kier molecular flexibility index (Phi) is 6.00. The van der Waals surface area contributed by atoms with Crippen molar-refractivity contribution >= 4 is 23.3 Å². The van der Waals surface area contributed by atoms with Crippen LogP contribution in [0.4, 0.5) is 11.5 Å². The second kappa shape index (κ2) is 8.81. The van der Waals surface area contributed by atoms with E-state index in [2.05, 4.69) is 26.6 Å². The number of amides is 2. The van der Waals surface area contributed by atoms with Crippen molar-refractivity contribution in [2.45, 2.75) is 12.8 Å². The summed E-state index contributed by atoms with van der Waals surface area (Å²) < 4.78 is 0. The number of nitrogens with one attached hydrogen (secondary N) is 2. The summed E-state index contributed by atoms with van der Waals surface area (Å²) in [6.45, 7) is 1.99. The molecule has 7 heteroatoms. The molecule has 138 valence electrons. The molecule has 0 spiro atoms. The van der Waals surface area contributed by atoms with Gasteiger partial charge in [0.25, 0.3) is 0 Å². The number of piperidine rings is 1. The van der Waals surface area contributed by atoms with Gasteiger partial charge in [-0.1, -0.05) is 18.2 Å². The van der Waals surface area contributed by atoms with Gasteiger partial charge in [0.1, 0.15) is 11.9 Å². The van der Waals surface area contributed by atoms with Crippen molar-refractivity contribution in [2.75, 3.05) is 29.9 Å². The summed E-state index contributed by atoms with van der Waals surface area (Å²) in [4.78, 5) is 30.3. The first kappa shape index (κ1) is 18.4. The lowest BCUT2D eigenvalue weighted by Crippen LogP contribution is -2.42. The van der Waals surface area contributed by atoms with Gasteiger partial charge in [-0.3, -0.25) is 9.59 Å². The van der Waals surface area contributed by atoms with Crippen molar-refractivity contribution in [2.24, 2.45) is 5.92 Å². The number of hydrogen-bond donors (Lipinski definition) is 2. The van der Waals surface area contributed by atoms with Crippen LogP contribution in [0.2, 0.25) is 0 Å². The smallest absolute Gasteiger partial charge is 0.313 e. The number of pyridine rings is 1. The van der Waals surface area contributed by atoms with Crippen LogP contribution in [0.5, 0.6) is 0 Å². The molecule has 0 bridgehead atoms. The highest BCUT2D eigenvalue weighted by Crippen LogP contribution is 2.23. The first-order valence-electron chi connectivity index (χ1n) is 8.91. The maximum absolute atomic E-state index is 12.0. The van der Waals surface area contributed by atoms with E-state index in [4.69, 9.17) is 0 Å². The van der Waals surface area contributed by atoms with E-state index in [-0.39, 0.29) is 0 Å². The number of hydrogen-bond acceptors (Lipinski definition) is 5. The highest BCUT2D eigenvalue weighted by Gasteiger charge is 2.23. The fourth-order valence-electron chi connectivity index (χ4n) is 3.11. The van der Waals surface area contributed by atoms with Crippen molar-refractivity contribution in [1.82, 2.24) is 10.3 Å². The highest BCUT2D eigenvalue weighted by atomic mass is 16.2. The van der Waals surface area contributed by atoms with E-state index in [0.717, 1.165) is 25.9 Å². The normalized spacial score (nSPS) is 14.3. The number of benzene rings is 1. The van der Waals surface area contributed by atoms with Gasteiger partial charge in [0.15, 0.2) is 0 Å². The zero-order chi connectivity index (χ0) is 19.1. The van der Waals surface area contributed by atoms with E-state index in [1.165, 1.54) is 0 Å². The van der Waals surface area contributed by atoms with Crippen LogP contribution in [0.3, 0.4) is 0 Å². The van der Waals surface area contributed by atoms with Crippen LogP contribution in [0.25, 0.3) is 0 Å². The molecule has 2 aromatic rings. The summed E-state index contributed by atoms with van der Waals surface area (Å²) in [7, 11) is 0. The third kappa shape index (κ3) is 4.82. The number of para-hydroxylation sites is 1. The van der Waals surface area contributed by atoms with Gasteiger partial charge >= 0.3 is 11.8 Å². The van der Waals surface area contributed by atoms with Crippen LogP contribution in [-0.2, 0) is 9.59 Å². The second-order valence-corrected chi connectivity index (χ2v) is 6.45. The first-order chi connectivity index (χ1) is 13.2. The molecule has 1 aliphatic heterocycles. The molecule has 2 amide bonds. The highest BCUT2D eigenvalue weighted by molar-refractivity contribution is 6.39. The molecule has 0 radical (unpaired) electrons. The fraction of sp³-hybridized carbons (Fsp3) is 0.300. The molecule has 1 saturated heterocycles. The molecule has 1 fully saturated rings. The van der Waals surface area contributed by atoms with Gasteiger partial charge in [-0.2, -0.15) is 5.26 Å². The van der Waals surface area contributed by atoms with Crippen LogP contribution in [0.15, 0.2) is 48.7 Å². The predicted octanol–water partition coefficient (Wildman–Crippen LogP) is 1.92. The van der Waals surface area contributed by atoms with Gasteiger partial charge in [0.2, 0.25) is 0 Å². The molecule has 1 aliphatic rings. The Bertz CT molecular complexity index is 839. The number of aromatic nitrogens is 1. The van der Waals surface area contributed by atoms with E-state index in [1.807, 2.05) is 6.07 Å². The summed E-state index contributed by atoms with van der Waals surface area (Å²) >= 11 is 0. The van der Waals surface area contributed by atoms with Crippen molar-refractivity contribution in [3.05, 3.63) is 54.2 Å². The molecule has 3 rings (SSSR count). The molecular formula is C20H21N5O2. The van der Waals surface area contributed by atoms with Crippen molar-refractivity contribution in [1.29, 1.82) is 5.26 Å². The minimum Gasteiger partial charge on any atom is -0.356 e. The summed E-state index contributed by atoms with van der Waals surface area (Å²) in [5.74, 6) is -0.280. The van der Waals surface area contributed by atoms with E-state index in [1.54, 1.807) is 42.6 Å². The lowest BCUT2D eigenvalue weighted by atomic mass is 9.96. The van der Waals surface area contributed by atoms with E-state index >= 15 is 0 Å². The SMILES string of the molecule is N#Cc1cccnc1N1CCC(CNC(=O)C(=O)Nc2ccccc2)CC1. The molecule has 1 aromatic heterocycles. The minimum absolute atomic E-state index is 0.295. The van der Waals surface area contributed by atoms with Gasteiger partial charge in [0, 0.05) is 31.5 Å². The zero-order valence-corrected chi connectivity index (χ0v) is 14.9. The summed E-state index contributed by atoms with van der Waals surface area (Å²) in [5.41, 5.74) is 1.16. The third-order valence-electron chi connectivity index (χ3n) is 4.61. The monoisotopic (exact) mass is 363 g/mol. The Labute approximate surface area is 158 Å². The van der Waals surface area contributed by atoms with E-state index in [9.17, 15) is 14.9 Å². The summed E-state index contributed by atoms with van der Waals surface area (Å²) in [6, 6.07) is 14.6. The average Bonchev–Trinajstić information content (AvgIpc) is 2.73. The second-order valence-electron chi connectivity index (χ2n) is 6.45. The lowest BCUT2D eigenvalue weighted by Gasteiger charge is -2.33. The lowest BCUT2D eigenvalue weighted by molar-refractivity contribution is -0.136. The van der Waals surface area contributed by atoms with E-state index in [0.29, 0.717) is 29.5 Å². The number of anilines is 2. The topological polar surface area (TPSA) is 98.1 Å². The standard InChI is InChI=1S/C20H21N5O2/c21-13-16-5-4-10-22-18(16)25-11-8-15(9-12-25)14-23-19(26)20(27)24-17-6-2-1-3-7-17/h1-7,10,15H,8-9,11-12,14H2,(H,23,26)(H,24,27). The molecule has 27 heavy (non-hydrogen) atoms. The Balaban J connectivity index is 1.45. The Morgan fingerprint density at radius 3 is 2.56 bits per heavy atom. The molecule has 0 aliphatic carbocycles. The molecular weight excluding hydrogens is 342 g/mol. The first-order valence-corrected chi connectivity index (χ1v) is 8.91. The number of nitrogens with zero attached hydrogens (tertiary/aromatic N) is 3. The largest absolute Gasteiger partial charge is 0.356 e. The van der Waals surface area contributed by atoms with Gasteiger partial charge in [-0.05, 0) is 43.0 Å². The quantitative estimate of drug-likeness (QED) is 0.809. The van der Waals surface area contributed by atoms with Crippen molar-refractivity contribution in [3.63, 3.8) is 0 Å². The zero-order valence-electron chi connectivity index (χ0n) is 14.9. The minimum atomic E-state index is -0.661. The van der Waals surface area contributed by atoms with E-state index < -0.39 is 11.8 Å². The van der Waals surface area contributed by atoms with Crippen molar-refractivity contribution in [3.8, 4) is 6.07 Å². The Morgan fingerprint density at radius 1 is 1.11 bits per heavy atom. The molecule has 2 N–H and O–H groups in total. The molecule has 2 heterocycles. The third-order valence-corrected chi connectivity index (χ3v) is 4.61. The van der Waals surface area contributed by atoms with Gasteiger partial charge in [0.05, 0.1) is 5.56 Å². The van der Waals surface area contributed by atoms with Crippen LogP contribution in [0.1, 0.15) is 18.4 Å². The number of carbonyl (C=O) groups excluding carboxylic acids is 2. The number of nitriles is 1. The Morgan fingerprint density at radius 2 is 1.85 bits per heavy atom. The number of rotatable bonds is 4. The maximum Gasteiger partial charge on any atom is 0.313 e. The average molecular weight is 363 g/mol. The number of carbonyl (C=O) groups is 2. The molecule has 1 aromatic carbocycles. The molecule has 0 saturated carbocycles. The molecule has 0 atom stereocenters. The molecule has 7 nitrogen and oxygen atoms in total. The van der Waals surface area contributed by atoms with Crippen LogP contribution in [-0.4, -0.2) is 36.4 Å². The van der Waals surface area contributed by atoms with Crippen LogP contribution in [0, 0.1) is 17.2 Å². The fourth-order valence-corrected chi connectivity index (χ4v) is 3.11. The maximum atomic E-state index is 12.0. The summed E-state index contributed by atoms with van der Waals surface area (Å²) in [6.07, 6.45) is 3.41. The molecule has 0 unspecified atom stereocenters. The predicted molar refractivity (Wildman–Crippen MR) is 102 cm³/mol. The van der Waals surface area contributed by atoms with Gasteiger partial charge < -0.3 is 15.5 Å². The Hall–Kier alpha value is -3.40. The van der Waals surface area contributed by atoms with Crippen LogP contribution >= 0.6 is 0 Å². The van der Waals surface area contributed by atoms with Gasteiger partial charge in [-0.15, -0.1) is 0 Å². The summed E-state index contributed by atoms with van der Waals surface area (Å²) in [5, 5.41) is 14.5.